The van der Waals surface area contributed by atoms with Crippen molar-refractivity contribution in [1.82, 2.24) is 10.9 Å². The number of carbonyl (C=O) groups is 1. The number of hydrazine groups is 1. The maximum atomic E-state index is 14.1. The number of carbonyl (C=O) groups excluding carboxylic acids is 1. The first-order valence-electron chi connectivity index (χ1n) is 8.35. The lowest BCUT2D eigenvalue weighted by atomic mass is 9.94. The van der Waals surface area contributed by atoms with Crippen LogP contribution in [0, 0.1) is 23.0 Å². The molecule has 4 rings (SSSR count). The highest BCUT2D eigenvalue weighted by molar-refractivity contribution is 8.19. The molecule has 2 unspecified atom stereocenters. The van der Waals surface area contributed by atoms with E-state index in [0.29, 0.717) is 11.4 Å². The van der Waals surface area contributed by atoms with Crippen molar-refractivity contribution in [3.05, 3.63) is 76.7 Å². The Morgan fingerprint density at radius 3 is 2.63 bits per heavy atom. The van der Waals surface area contributed by atoms with Crippen molar-refractivity contribution in [3.63, 3.8) is 0 Å². The first-order valence-corrected chi connectivity index (χ1v) is 9.17. The van der Waals surface area contributed by atoms with E-state index in [1.807, 2.05) is 0 Å². The summed E-state index contributed by atoms with van der Waals surface area (Å²) in [5.41, 5.74) is 7.14. The molecular weight excluding hydrogens is 370 g/mol. The van der Waals surface area contributed by atoms with E-state index in [-0.39, 0.29) is 28.6 Å². The molecule has 1 amide bonds. The SMILES string of the molecule is N=C1S/C(=C\C2CNNC2c2ccc(F)cc2)C(=O)N1c1ccccc1F. The molecule has 5 nitrogen and oxygen atoms in total. The summed E-state index contributed by atoms with van der Waals surface area (Å²) in [7, 11) is 0. The van der Waals surface area contributed by atoms with Gasteiger partial charge in [-0.3, -0.25) is 20.5 Å². The Labute approximate surface area is 158 Å². The van der Waals surface area contributed by atoms with Crippen LogP contribution in [0.5, 0.6) is 0 Å². The van der Waals surface area contributed by atoms with Gasteiger partial charge in [-0.15, -0.1) is 0 Å². The Bertz CT molecular complexity index is 932. The van der Waals surface area contributed by atoms with Crippen LogP contribution >= 0.6 is 11.8 Å². The third kappa shape index (κ3) is 3.39. The topological polar surface area (TPSA) is 68.2 Å². The van der Waals surface area contributed by atoms with Gasteiger partial charge in [0, 0.05) is 12.5 Å². The minimum atomic E-state index is -0.550. The summed E-state index contributed by atoms with van der Waals surface area (Å²) in [4.78, 5) is 14.2. The third-order valence-corrected chi connectivity index (χ3v) is 5.44. The Kier molecular flexibility index (Phi) is 4.77. The van der Waals surface area contributed by atoms with Crippen LogP contribution in [-0.4, -0.2) is 17.6 Å². The molecule has 2 aliphatic heterocycles. The molecule has 2 fully saturated rings. The third-order valence-electron chi connectivity index (χ3n) is 4.54. The molecule has 3 N–H and O–H groups in total. The normalized spacial score (nSPS) is 24.2. The van der Waals surface area contributed by atoms with Gasteiger partial charge in [0.05, 0.1) is 16.6 Å². The Morgan fingerprint density at radius 1 is 1.15 bits per heavy atom. The molecule has 27 heavy (non-hydrogen) atoms. The molecule has 0 aromatic heterocycles. The molecule has 2 saturated heterocycles. The molecule has 2 atom stereocenters. The number of thioether (sulfide) groups is 1. The first kappa shape index (κ1) is 17.8. The average molecular weight is 386 g/mol. The van der Waals surface area contributed by atoms with Crippen LogP contribution in [0.2, 0.25) is 0 Å². The molecule has 2 aliphatic rings. The Morgan fingerprint density at radius 2 is 1.89 bits per heavy atom. The second-order valence-corrected chi connectivity index (χ2v) is 7.28. The second-order valence-electron chi connectivity index (χ2n) is 6.25. The summed E-state index contributed by atoms with van der Waals surface area (Å²) >= 11 is 1.01. The molecular formula is C19H16F2N4OS. The number of hydrogen-bond acceptors (Lipinski definition) is 5. The van der Waals surface area contributed by atoms with Gasteiger partial charge in [0.2, 0.25) is 0 Å². The van der Waals surface area contributed by atoms with Crippen molar-refractivity contribution >= 4 is 28.5 Å². The largest absolute Gasteiger partial charge is 0.278 e. The van der Waals surface area contributed by atoms with E-state index < -0.39 is 11.7 Å². The number of para-hydroxylation sites is 1. The summed E-state index contributed by atoms with van der Waals surface area (Å²) in [6.07, 6.45) is 1.80. The maximum absolute atomic E-state index is 14.1. The number of benzene rings is 2. The highest BCUT2D eigenvalue weighted by atomic mass is 32.2. The van der Waals surface area contributed by atoms with Crippen LogP contribution in [0.1, 0.15) is 11.6 Å². The molecule has 2 aromatic carbocycles. The van der Waals surface area contributed by atoms with Gasteiger partial charge in [-0.05, 0) is 41.6 Å². The number of amides is 1. The quantitative estimate of drug-likeness (QED) is 0.708. The maximum Gasteiger partial charge on any atom is 0.271 e. The molecule has 0 spiro atoms. The summed E-state index contributed by atoms with van der Waals surface area (Å²) in [6, 6.07) is 11.9. The number of nitrogens with zero attached hydrogens (tertiary/aromatic N) is 1. The van der Waals surface area contributed by atoms with Crippen LogP contribution < -0.4 is 15.8 Å². The van der Waals surface area contributed by atoms with Crippen LogP contribution in [0.3, 0.4) is 0 Å². The van der Waals surface area contributed by atoms with Crippen molar-refractivity contribution in [2.75, 3.05) is 11.4 Å². The van der Waals surface area contributed by atoms with E-state index in [4.69, 9.17) is 5.41 Å². The zero-order chi connectivity index (χ0) is 19.0. The molecule has 0 radical (unpaired) electrons. The van der Waals surface area contributed by atoms with E-state index in [0.717, 1.165) is 22.2 Å². The minimum Gasteiger partial charge on any atom is -0.278 e. The Hall–Kier alpha value is -2.55. The summed E-state index contributed by atoms with van der Waals surface area (Å²) in [5, 5.41) is 8.07. The van der Waals surface area contributed by atoms with Crippen molar-refractivity contribution in [3.8, 4) is 0 Å². The highest BCUT2D eigenvalue weighted by Crippen LogP contribution is 2.37. The number of nitrogens with one attached hydrogen (secondary N) is 3. The predicted molar refractivity (Wildman–Crippen MR) is 101 cm³/mol. The molecule has 0 aliphatic carbocycles. The lowest BCUT2D eigenvalue weighted by Gasteiger charge is -2.17. The van der Waals surface area contributed by atoms with Gasteiger partial charge in [0.25, 0.3) is 5.91 Å². The summed E-state index contributed by atoms with van der Waals surface area (Å²) in [5.74, 6) is -1.35. The van der Waals surface area contributed by atoms with Crippen LogP contribution in [0.4, 0.5) is 14.5 Å². The Balaban J connectivity index is 1.60. The number of hydrogen-bond donors (Lipinski definition) is 3. The number of anilines is 1. The first-order chi connectivity index (χ1) is 13.0. The fourth-order valence-electron chi connectivity index (χ4n) is 3.21. The monoisotopic (exact) mass is 386 g/mol. The van der Waals surface area contributed by atoms with Gasteiger partial charge >= 0.3 is 0 Å². The molecule has 0 saturated carbocycles. The van der Waals surface area contributed by atoms with Crippen molar-refractivity contribution in [2.45, 2.75) is 6.04 Å². The predicted octanol–water partition coefficient (Wildman–Crippen LogP) is 3.33. The molecule has 8 heteroatoms. The molecule has 0 bridgehead atoms. The average Bonchev–Trinajstić information content (AvgIpc) is 3.22. The molecule has 2 heterocycles. The van der Waals surface area contributed by atoms with E-state index in [9.17, 15) is 13.6 Å². The standard InChI is InChI=1S/C19H16F2N4OS/c20-13-7-5-11(6-8-13)17-12(10-23-24-17)9-16-18(26)25(19(22)27-16)15-4-2-1-3-14(15)21/h1-9,12,17,22-24H,10H2/b16-9-,22-19?. The van der Waals surface area contributed by atoms with Gasteiger partial charge < -0.3 is 0 Å². The van der Waals surface area contributed by atoms with E-state index in [1.165, 1.54) is 30.3 Å². The van der Waals surface area contributed by atoms with E-state index >= 15 is 0 Å². The van der Waals surface area contributed by atoms with Crippen LogP contribution in [-0.2, 0) is 4.79 Å². The van der Waals surface area contributed by atoms with Crippen molar-refractivity contribution < 1.29 is 13.6 Å². The van der Waals surface area contributed by atoms with Crippen LogP contribution in [0.25, 0.3) is 0 Å². The number of halogens is 2. The highest BCUT2D eigenvalue weighted by Gasteiger charge is 2.37. The van der Waals surface area contributed by atoms with E-state index in [2.05, 4.69) is 10.9 Å². The smallest absolute Gasteiger partial charge is 0.271 e. The number of amidine groups is 1. The summed E-state index contributed by atoms with van der Waals surface area (Å²) in [6.45, 7) is 0.576. The zero-order valence-electron chi connectivity index (χ0n) is 14.1. The molecule has 138 valence electrons. The lowest BCUT2D eigenvalue weighted by molar-refractivity contribution is -0.113. The molecule has 2 aromatic rings. The van der Waals surface area contributed by atoms with Gasteiger partial charge in [0.1, 0.15) is 11.6 Å². The van der Waals surface area contributed by atoms with Gasteiger partial charge in [-0.2, -0.15) is 0 Å². The van der Waals surface area contributed by atoms with Crippen molar-refractivity contribution in [2.24, 2.45) is 5.92 Å². The zero-order valence-corrected chi connectivity index (χ0v) is 14.9. The van der Waals surface area contributed by atoms with Gasteiger partial charge in [-0.25, -0.2) is 14.2 Å². The number of rotatable bonds is 3. The fourth-order valence-corrected chi connectivity index (χ4v) is 4.12. The second kappa shape index (κ2) is 7.22. The fraction of sp³-hybridized carbons (Fsp3) is 0.158. The summed E-state index contributed by atoms with van der Waals surface area (Å²) < 4.78 is 27.2. The minimum absolute atomic E-state index is 0.0337. The van der Waals surface area contributed by atoms with E-state index in [1.54, 1.807) is 24.3 Å². The van der Waals surface area contributed by atoms with Crippen molar-refractivity contribution in [1.29, 1.82) is 5.41 Å². The van der Waals surface area contributed by atoms with Gasteiger partial charge in [0.15, 0.2) is 5.17 Å². The lowest BCUT2D eigenvalue weighted by Crippen LogP contribution is -2.29. The van der Waals surface area contributed by atoms with Gasteiger partial charge in [-0.1, -0.05) is 30.3 Å². The van der Waals surface area contributed by atoms with Crippen LogP contribution in [0.15, 0.2) is 59.5 Å².